The Morgan fingerprint density at radius 1 is 1.36 bits per heavy atom. The van der Waals surface area contributed by atoms with Crippen LogP contribution in [-0.4, -0.2) is 48.8 Å². The van der Waals surface area contributed by atoms with Gasteiger partial charge in [0.2, 0.25) is 0 Å². The summed E-state index contributed by atoms with van der Waals surface area (Å²) in [4.78, 5) is 4.66. The van der Waals surface area contributed by atoms with Crippen molar-refractivity contribution >= 4 is 41.7 Å². The minimum atomic E-state index is 0. The molecule has 0 aromatic rings. The van der Waals surface area contributed by atoms with Crippen LogP contribution in [0.15, 0.2) is 17.6 Å². The Labute approximate surface area is 158 Å². The highest BCUT2D eigenvalue weighted by molar-refractivity contribution is 14.0. The van der Waals surface area contributed by atoms with Gasteiger partial charge in [-0.1, -0.05) is 19.9 Å². The van der Waals surface area contributed by atoms with Crippen LogP contribution in [0.2, 0.25) is 0 Å². The molecule has 0 aromatic heterocycles. The van der Waals surface area contributed by atoms with E-state index in [1.54, 1.807) is 0 Å². The third-order valence-electron chi connectivity index (χ3n) is 2.97. The van der Waals surface area contributed by atoms with Crippen LogP contribution in [-0.2, 0) is 0 Å². The van der Waals surface area contributed by atoms with Crippen LogP contribution in [0, 0.1) is 11.8 Å². The molecule has 1 atom stereocenters. The Morgan fingerprint density at radius 2 is 2.09 bits per heavy atom. The van der Waals surface area contributed by atoms with Crippen LogP contribution in [0.3, 0.4) is 0 Å². The number of thioether (sulfide) groups is 1. The van der Waals surface area contributed by atoms with Crippen LogP contribution in [0.25, 0.3) is 0 Å². The second kappa shape index (κ2) is 17.4. The largest absolute Gasteiger partial charge is 0.396 e. The summed E-state index contributed by atoms with van der Waals surface area (Å²) in [5.74, 6) is 4.01. The molecule has 3 N–H and O–H groups in total. The molecule has 132 valence electrons. The maximum absolute atomic E-state index is 9.15. The van der Waals surface area contributed by atoms with E-state index in [9.17, 15) is 0 Å². The maximum atomic E-state index is 9.15. The molecule has 0 heterocycles. The predicted octanol–water partition coefficient (Wildman–Crippen LogP) is 3.12. The van der Waals surface area contributed by atoms with Gasteiger partial charge in [0.1, 0.15) is 0 Å². The first-order chi connectivity index (χ1) is 10.1. The highest BCUT2D eigenvalue weighted by atomic mass is 127. The summed E-state index contributed by atoms with van der Waals surface area (Å²) in [6.45, 7) is 13.0. The first-order valence-corrected chi connectivity index (χ1v) is 9.11. The van der Waals surface area contributed by atoms with Gasteiger partial charge in [0.05, 0.1) is 0 Å². The molecule has 0 aliphatic carbocycles. The highest BCUT2D eigenvalue weighted by Crippen LogP contribution is 2.15. The van der Waals surface area contributed by atoms with Crippen molar-refractivity contribution in [1.82, 2.24) is 10.6 Å². The molecule has 0 aliphatic heterocycles. The quantitative estimate of drug-likeness (QED) is 0.143. The highest BCUT2D eigenvalue weighted by Gasteiger charge is 2.10. The SMILES string of the molecule is C=CCSCCNC(=NCC(CCO)CC(C)C)NCC.I. The Hall–Kier alpha value is 0.0500. The van der Waals surface area contributed by atoms with Gasteiger partial charge in [-0.15, -0.1) is 30.6 Å². The van der Waals surface area contributed by atoms with Gasteiger partial charge in [0.15, 0.2) is 5.96 Å². The van der Waals surface area contributed by atoms with E-state index in [-0.39, 0.29) is 30.6 Å². The fourth-order valence-electron chi connectivity index (χ4n) is 2.10. The standard InChI is InChI=1S/C16H33N3OS.HI/c1-5-10-21-11-8-18-16(17-6-2)19-13-15(7-9-20)12-14(3)4;/h5,14-15,20H,1,6-13H2,2-4H3,(H2,17,18,19);1H. The van der Waals surface area contributed by atoms with Crippen LogP contribution in [0.1, 0.15) is 33.6 Å². The van der Waals surface area contributed by atoms with E-state index in [0.717, 1.165) is 49.9 Å². The maximum Gasteiger partial charge on any atom is 0.191 e. The van der Waals surface area contributed by atoms with Gasteiger partial charge in [-0.25, -0.2) is 0 Å². The molecule has 0 bridgehead atoms. The van der Waals surface area contributed by atoms with Crippen molar-refractivity contribution in [3.05, 3.63) is 12.7 Å². The Kier molecular flexibility index (Phi) is 19.2. The van der Waals surface area contributed by atoms with E-state index in [4.69, 9.17) is 5.11 Å². The number of hydrogen-bond acceptors (Lipinski definition) is 3. The molecule has 0 rings (SSSR count). The van der Waals surface area contributed by atoms with Crippen LogP contribution in [0.4, 0.5) is 0 Å². The summed E-state index contributed by atoms with van der Waals surface area (Å²) in [7, 11) is 0. The number of aliphatic imine (C=N–C) groups is 1. The van der Waals surface area contributed by atoms with Gasteiger partial charge in [0.25, 0.3) is 0 Å². The third-order valence-corrected chi connectivity index (χ3v) is 3.93. The van der Waals surface area contributed by atoms with Crippen molar-refractivity contribution in [2.45, 2.75) is 33.6 Å². The molecule has 4 nitrogen and oxygen atoms in total. The van der Waals surface area contributed by atoms with Crippen molar-refractivity contribution in [3.8, 4) is 0 Å². The first kappa shape index (κ1) is 24.3. The predicted molar refractivity (Wildman–Crippen MR) is 112 cm³/mol. The Balaban J connectivity index is 0. The lowest BCUT2D eigenvalue weighted by atomic mass is 9.94. The van der Waals surface area contributed by atoms with Gasteiger partial charge in [-0.3, -0.25) is 4.99 Å². The smallest absolute Gasteiger partial charge is 0.191 e. The summed E-state index contributed by atoms with van der Waals surface area (Å²) >= 11 is 1.86. The molecule has 0 saturated carbocycles. The molecule has 0 saturated heterocycles. The summed E-state index contributed by atoms with van der Waals surface area (Å²) in [6, 6.07) is 0. The summed E-state index contributed by atoms with van der Waals surface area (Å²) in [5, 5.41) is 15.8. The topological polar surface area (TPSA) is 56.7 Å². The Morgan fingerprint density at radius 3 is 2.64 bits per heavy atom. The van der Waals surface area contributed by atoms with Gasteiger partial charge >= 0.3 is 0 Å². The number of rotatable bonds is 12. The molecular formula is C16H34IN3OS. The normalized spacial score (nSPS) is 12.7. The monoisotopic (exact) mass is 443 g/mol. The zero-order chi connectivity index (χ0) is 15.9. The molecule has 0 spiro atoms. The number of aliphatic hydroxyl groups excluding tert-OH is 1. The molecule has 0 fully saturated rings. The Bertz CT molecular complexity index is 289. The second-order valence-electron chi connectivity index (χ2n) is 5.52. The van der Waals surface area contributed by atoms with Crippen molar-refractivity contribution in [1.29, 1.82) is 0 Å². The van der Waals surface area contributed by atoms with Crippen LogP contribution in [0.5, 0.6) is 0 Å². The molecule has 0 aliphatic rings. The minimum Gasteiger partial charge on any atom is -0.396 e. The van der Waals surface area contributed by atoms with Crippen LogP contribution < -0.4 is 10.6 Å². The van der Waals surface area contributed by atoms with Gasteiger partial charge in [-0.05, 0) is 31.6 Å². The summed E-state index contributed by atoms with van der Waals surface area (Å²) in [6.07, 6.45) is 3.87. The van der Waals surface area contributed by atoms with Crippen molar-refractivity contribution in [2.24, 2.45) is 16.8 Å². The third kappa shape index (κ3) is 15.0. The lowest BCUT2D eigenvalue weighted by Crippen LogP contribution is -2.38. The minimum absolute atomic E-state index is 0. The summed E-state index contributed by atoms with van der Waals surface area (Å²) in [5.41, 5.74) is 0. The van der Waals surface area contributed by atoms with E-state index in [2.05, 4.69) is 43.0 Å². The van der Waals surface area contributed by atoms with E-state index in [1.165, 1.54) is 0 Å². The number of halogens is 1. The van der Waals surface area contributed by atoms with E-state index in [0.29, 0.717) is 11.8 Å². The van der Waals surface area contributed by atoms with E-state index in [1.807, 2.05) is 17.8 Å². The second-order valence-corrected chi connectivity index (χ2v) is 6.67. The number of hydrogen-bond donors (Lipinski definition) is 3. The van der Waals surface area contributed by atoms with E-state index >= 15 is 0 Å². The summed E-state index contributed by atoms with van der Waals surface area (Å²) < 4.78 is 0. The molecule has 6 heteroatoms. The van der Waals surface area contributed by atoms with Crippen LogP contribution >= 0.6 is 35.7 Å². The zero-order valence-corrected chi connectivity index (χ0v) is 17.5. The molecule has 0 aromatic carbocycles. The number of guanidine groups is 1. The zero-order valence-electron chi connectivity index (χ0n) is 14.3. The molecule has 0 radical (unpaired) electrons. The number of nitrogens with zero attached hydrogens (tertiary/aromatic N) is 1. The lowest BCUT2D eigenvalue weighted by Gasteiger charge is -2.17. The fourth-order valence-corrected chi connectivity index (χ4v) is 2.68. The fraction of sp³-hybridized carbons (Fsp3) is 0.812. The number of aliphatic hydroxyl groups is 1. The van der Waals surface area contributed by atoms with Gasteiger partial charge in [0, 0.05) is 37.7 Å². The van der Waals surface area contributed by atoms with Crippen molar-refractivity contribution < 1.29 is 5.11 Å². The van der Waals surface area contributed by atoms with E-state index < -0.39 is 0 Å². The lowest BCUT2D eigenvalue weighted by molar-refractivity contribution is 0.245. The van der Waals surface area contributed by atoms with Gasteiger partial charge < -0.3 is 15.7 Å². The average Bonchev–Trinajstić information content (AvgIpc) is 2.43. The average molecular weight is 443 g/mol. The molecule has 22 heavy (non-hydrogen) atoms. The molecule has 0 amide bonds. The van der Waals surface area contributed by atoms with Crippen molar-refractivity contribution in [3.63, 3.8) is 0 Å². The first-order valence-electron chi connectivity index (χ1n) is 7.95. The molecular weight excluding hydrogens is 409 g/mol. The number of nitrogens with one attached hydrogen (secondary N) is 2. The van der Waals surface area contributed by atoms with Gasteiger partial charge in [-0.2, -0.15) is 11.8 Å². The van der Waals surface area contributed by atoms with Crippen molar-refractivity contribution in [2.75, 3.05) is 37.7 Å². The molecule has 1 unspecified atom stereocenters.